The van der Waals surface area contributed by atoms with Gasteiger partial charge in [-0.15, -0.1) is 0 Å². The van der Waals surface area contributed by atoms with E-state index < -0.39 is 15.4 Å². The molecular weight excluding hydrogens is 268 g/mol. The topological polar surface area (TPSA) is 75.7 Å². The minimum atomic E-state index is -2.94. The lowest BCUT2D eigenvalue weighted by Gasteiger charge is -2.39. The second kappa shape index (κ2) is 6.19. The molecule has 7 heteroatoms. The molecule has 0 aromatic heterocycles. The molecular formula is C12H24N2O4S. The summed E-state index contributed by atoms with van der Waals surface area (Å²) in [6.07, 6.45) is 0. The van der Waals surface area contributed by atoms with Gasteiger partial charge in [0, 0.05) is 19.1 Å². The Kier molecular flexibility index (Phi) is 5.34. The summed E-state index contributed by atoms with van der Waals surface area (Å²) in [6, 6.07) is -0.0825. The Hall–Kier alpha value is -0.660. The lowest BCUT2D eigenvalue weighted by atomic mass is 10.0. The van der Waals surface area contributed by atoms with Crippen LogP contribution in [0.2, 0.25) is 0 Å². The highest BCUT2D eigenvalue weighted by Crippen LogP contribution is 2.16. The van der Waals surface area contributed by atoms with Gasteiger partial charge in [-0.05, 0) is 27.8 Å². The van der Waals surface area contributed by atoms with Gasteiger partial charge >= 0.3 is 5.97 Å². The average Bonchev–Trinajstić information content (AvgIpc) is 2.32. The van der Waals surface area contributed by atoms with Crippen molar-refractivity contribution in [1.29, 1.82) is 0 Å². The number of esters is 1. The van der Waals surface area contributed by atoms with Gasteiger partial charge < -0.3 is 10.1 Å². The first-order chi connectivity index (χ1) is 8.74. The Labute approximate surface area is 115 Å². The van der Waals surface area contributed by atoms with E-state index in [1.54, 1.807) is 20.9 Å². The molecule has 0 saturated carbocycles. The number of hydrogen-bond acceptors (Lipinski definition) is 6. The normalized spacial score (nSPS) is 26.6. The lowest BCUT2D eigenvalue weighted by Crippen LogP contribution is -2.60. The molecule has 1 aliphatic rings. The highest BCUT2D eigenvalue weighted by molar-refractivity contribution is 7.91. The molecule has 112 valence electrons. The third-order valence-corrected chi connectivity index (χ3v) is 5.40. The summed E-state index contributed by atoms with van der Waals surface area (Å²) >= 11 is 0. The average molecular weight is 292 g/mol. The first-order valence-electron chi connectivity index (χ1n) is 6.54. The van der Waals surface area contributed by atoms with E-state index in [1.165, 1.54) is 0 Å². The summed E-state index contributed by atoms with van der Waals surface area (Å²) in [6.45, 7) is 6.65. The molecule has 0 bridgehead atoms. The largest absolute Gasteiger partial charge is 0.465 e. The molecule has 1 aliphatic heterocycles. The molecule has 1 fully saturated rings. The van der Waals surface area contributed by atoms with Gasteiger partial charge in [-0.2, -0.15) is 0 Å². The number of sulfone groups is 1. The summed E-state index contributed by atoms with van der Waals surface area (Å²) < 4.78 is 28.2. The van der Waals surface area contributed by atoms with Crippen molar-refractivity contribution in [2.24, 2.45) is 0 Å². The van der Waals surface area contributed by atoms with Crippen molar-refractivity contribution in [2.45, 2.75) is 32.4 Å². The zero-order valence-electron chi connectivity index (χ0n) is 12.1. The number of hydrogen-bond donors (Lipinski definition) is 1. The molecule has 0 amide bonds. The molecule has 2 unspecified atom stereocenters. The first-order valence-corrected chi connectivity index (χ1v) is 8.37. The summed E-state index contributed by atoms with van der Waals surface area (Å²) in [5.74, 6) is -0.00612. The third kappa shape index (κ3) is 4.15. The van der Waals surface area contributed by atoms with Crippen LogP contribution in [0, 0.1) is 0 Å². The van der Waals surface area contributed by atoms with Crippen LogP contribution in [0.15, 0.2) is 0 Å². The highest BCUT2D eigenvalue weighted by Gasteiger charge is 2.38. The second-order valence-electron chi connectivity index (χ2n) is 5.24. The monoisotopic (exact) mass is 292 g/mol. The number of nitrogens with zero attached hydrogens (tertiary/aromatic N) is 1. The third-order valence-electron chi connectivity index (χ3n) is 3.61. The first kappa shape index (κ1) is 16.4. The second-order valence-corrected chi connectivity index (χ2v) is 7.47. The van der Waals surface area contributed by atoms with Crippen LogP contribution in [0.5, 0.6) is 0 Å². The zero-order valence-corrected chi connectivity index (χ0v) is 12.9. The minimum Gasteiger partial charge on any atom is -0.465 e. The van der Waals surface area contributed by atoms with E-state index in [-0.39, 0.29) is 23.5 Å². The summed E-state index contributed by atoms with van der Waals surface area (Å²) in [5.41, 5.74) is -0.814. The van der Waals surface area contributed by atoms with Crippen molar-refractivity contribution in [2.75, 3.05) is 38.2 Å². The molecule has 6 nitrogen and oxygen atoms in total. The molecule has 19 heavy (non-hydrogen) atoms. The Bertz CT molecular complexity index is 423. The predicted molar refractivity (Wildman–Crippen MR) is 73.8 cm³/mol. The summed E-state index contributed by atoms with van der Waals surface area (Å²) in [7, 11) is -1.23. The van der Waals surface area contributed by atoms with Crippen molar-refractivity contribution >= 4 is 15.8 Å². The van der Waals surface area contributed by atoms with Crippen LogP contribution in [0.3, 0.4) is 0 Å². The maximum Gasteiger partial charge on any atom is 0.327 e. The SMILES string of the molecule is CCOC(=O)C(C)(CN1CCS(=O)(=O)CC1C)NC. The smallest absolute Gasteiger partial charge is 0.327 e. The van der Waals surface area contributed by atoms with Crippen LogP contribution in [-0.2, 0) is 19.4 Å². The van der Waals surface area contributed by atoms with E-state index in [1.807, 2.05) is 11.8 Å². The van der Waals surface area contributed by atoms with Crippen LogP contribution < -0.4 is 5.32 Å². The molecule has 1 heterocycles. The number of carbonyl (C=O) groups is 1. The fraction of sp³-hybridized carbons (Fsp3) is 0.917. The maximum atomic E-state index is 12.0. The number of likely N-dealkylation sites (N-methyl/N-ethyl adjacent to an activating group) is 1. The van der Waals surface area contributed by atoms with Gasteiger partial charge in [0.15, 0.2) is 9.84 Å². The number of rotatable bonds is 5. The maximum absolute atomic E-state index is 12.0. The van der Waals surface area contributed by atoms with Gasteiger partial charge in [0.25, 0.3) is 0 Å². The van der Waals surface area contributed by atoms with Gasteiger partial charge in [-0.1, -0.05) is 0 Å². The van der Waals surface area contributed by atoms with E-state index in [0.717, 1.165) is 0 Å². The van der Waals surface area contributed by atoms with Crippen LogP contribution in [0.4, 0.5) is 0 Å². The van der Waals surface area contributed by atoms with Gasteiger partial charge in [0.1, 0.15) is 5.54 Å². The van der Waals surface area contributed by atoms with Crippen LogP contribution in [-0.4, -0.2) is 69.1 Å². The zero-order chi connectivity index (χ0) is 14.7. The van der Waals surface area contributed by atoms with Crippen molar-refractivity contribution in [3.8, 4) is 0 Å². The Morgan fingerprint density at radius 2 is 2.16 bits per heavy atom. The quantitative estimate of drug-likeness (QED) is 0.698. The standard InChI is InChI=1S/C12H24N2O4S/c1-5-18-11(15)12(3,13-4)9-14-6-7-19(16,17)8-10(14)2/h10,13H,5-9H2,1-4H3. The van der Waals surface area contributed by atoms with E-state index in [9.17, 15) is 13.2 Å². The summed E-state index contributed by atoms with van der Waals surface area (Å²) in [4.78, 5) is 14.0. The molecule has 0 aromatic carbocycles. The molecule has 2 atom stereocenters. The fourth-order valence-corrected chi connectivity index (χ4v) is 3.84. The predicted octanol–water partition coefficient (Wildman–Crippen LogP) is -0.353. The van der Waals surface area contributed by atoms with Gasteiger partial charge in [-0.25, -0.2) is 8.42 Å². The van der Waals surface area contributed by atoms with Crippen molar-refractivity contribution < 1.29 is 17.9 Å². The van der Waals surface area contributed by atoms with Crippen molar-refractivity contribution in [3.05, 3.63) is 0 Å². The Morgan fingerprint density at radius 1 is 1.53 bits per heavy atom. The van der Waals surface area contributed by atoms with E-state index in [4.69, 9.17) is 4.74 Å². The number of nitrogens with one attached hydrogen (secondary N) is 1. The van der Waals surface area contributed by atoms with E-state index in [2.05, 4.69) is 5.32 Å². The van der Waals surface area contributed by atoms with Gasteiger partial charge in [0.2, 0.25) is 0 Å². The highest BCUT2D eigenvalue weighted by atomic mass is 32.2. The number of ether oxygens (including phenoxy) is 1. The lowest BCUT2D eigenvalue weighted by molar-refractivity contribution is -0.151. The van der Waals surface area contributed by atoms with Gasteiger partial charge in [0.05, 0.1) is 18.1 Å². The molecule has 1 rings (SSSR count). The van der Waals surface area contributed by atoms with Crippen molar-refractivity contribution in [3.63, 3.8) is 0 Å². The molecule has 1 N–H and O–H groups in total. The number of carbonyl (C=O) groups excluding carboxylic acids is 1. The molecule has 0 radical (unpaired) electrons. The Morgan fingerprint density at radius 3 is 2.63 bits per heavy atom. The molecule has 0 aromatic rings. The molecule has 0 aliphatic carbocycles. The molecule has 0 spiro atoms. The van der Waals surface area contributed by atoms with Crippen LogP contribution in [0.25, 0.3) is 0 Å². The minimum absolute atomic E-state index is 0.0825. The van der Waals surface area contributed by atoms with Crippen LogP contribution >= 0.6 is 0 Å². The van der Waals surface area contributed by atoms with Gasteiger partial charge in [-0.3, -0.25) is 9.69 Å². The summed E-state index contributed by atoms with van der Waals surface area (Å²) in [5, 5.41) is 2.99. The molecule has 1 saturated heterocycles. The van der Waals surface area contributed by atoms with Crippen molar-refractivity contribution in [1.82, 2.24) is 10.2 Å². The van der Waals surface area contributed by atoms with E-state index in [0.29, 0.717) is 19.7 Å². The Balaban J connectivity index is 2.74. The fourth-order valence-electron chi connectivity index (χ4n) is 2.21. The van der Waals surface area contributed by atoms with E-state index >= 15 is 0 Å². The van der Waals surface area contributed by atoms with Crippen LogP contribution in [0.1, 0.15) is 20.8 Å².